The average Bonchev–Trinajstić information content (AvgIpc) is 2.81. The van der Waals surface area contributed by atoms with Gasteiger partial charge in [0.1, 0.15) is 17.4 Å². The Morgan fingerprint density at radius 2 is 1.72 bits per heavy atom. The van der Waals surface area contributed by atoms with Crippen LogP contribution in [0, 0.1) is 5.82 Å². The van der Waals surface area contributed by atoms with Crippen LogP contribution >= 0.6 is 11.6 Å². The maximum absolute atomic E-state index is 13.4. The standard InChI is InChI=1S/C24H24ClFN4O2/c1-28-12-14-29(15-13-28)23-11-2-18(16-27-23)17-30(21-7-5-20(26)6-8-21)24(31)32-22-9-3-19(25)4-10-22/h2-11,16H,12-15,17H2,1H3. The first kappa shape index (κ1) is 22.0. The van der Waals surface area contributed by atoms with Crippen molar-refractivity contribution < 1.29 is 13.9 Å². The molecule has 0 spiro atoms. The van der Waals surface area contributed by atoms with Gasteiger partial charge in [0, 0.05) is 43.1 Å². The van der Waals surface area contributed by atoms with Crippen molar-refractivity contribution in [3.05, 3.63) is 83.3 Å². The normalized spacial score (nSPS) is 14.3. The summed E-state index contributed by atoms with van der Waals surface area (Å²) in [6.45, 7) is 4.08. The number of ether oxygens (including phenoxy) is 1. The molecule has 1 fully saturated rings. The third-order valence-electron chi connectivity index (χ3n) is 5.35. The van der Waals surface area contributed by atoms with Crippen molar-refractivity contribution in [2.75, 3.05) is 43.0 Å². The highest BCUT2D eigenvalue weighted by atomic mass is 35.5. The Morgan fingerprint density at radius 1 is 1.03 bits per heavy atom. The van der Waals surface area contributed by atoms with Crippen molar-refractivity contribution in [2.24, 2.45) is 0 Å². The zero-order valence-corrected chi connectivity index (χ0v) is 18.5. The van der Waals surface area contributed by atoms with Crippen molar-refractivity contribution in [3.8, 4) is 5.75 Å². The fraction of sp³-hybridized carbons (Fsp3) is 0.250. The number of hydrogen-bond acceptors (Lipinski definition) is 5. The average molecular weight is 455 g/mol. The van der Waals surface area contributed by atoms with E-state index in [1.807, 2.05) is 12.1 Å². The van der Waals surface area contributed by atoms with Gasteiger partial charge in [-0.15, -0.1) is 0 Å². The minimum Gasteiger partial charge on any atom is -0.410 e. The van der Waals surface area contributed by atoms with Gasteiger partial charge in [0.2, 0.25) is 0 Å². The molecule has 8 heteroatoms. The first-order valence-corrected chi connectivity index (χ1v) is 10.7. The van der Waals surface area contributed by atoms with E-state index in [0.717, 1.165) is 37.6 Å². The number of benzene rings is 2. The molecular formula is C24H24ClFN4O2. The number of carbonyl (C=O) groups is 1. The lowest BCUT2D eigenvalue weighted by Gasteiger charge is -2.33. The number of anilines is 2. The molecule has 2 aromatic carbocycles. The van der Waals surface area contributed by atoms with E-state index >= 15 is 0 Å². The molecule has 4 rings (SSSR count). The van der Waals surface area contributed by atoms with E-state index < -0.39 is 6.09 Å². The molecular weight excluding hydrogens is 431 g/mol. The summed E-state index contributed by atoms with van der Waals surface area (Å²) in [5.74, 6) is 0.909. The number of piperazine rings is 1. The second kappa shape index (κ2) is 9.97. The lowest BCUT2D eigenvalue weighted by atomic mass is 10.2. The highest BCUT2D eigenvalue weighted by molar-refractivity contribution is 6.30. The zero-order chi connectivity index (χ0) is 22.5. The minimum absolute atomic E-state index is 0.230. The van der Waals surface area contributed by atoms with Crippen LogP contribution in [-0.4, -0.2) is 49.2 Å². The predicted octanol–water partition coefficient (Wildman–Crippen LogP) is 4.83. The van der Waals surface area contributed by atoms with Gasteiger partial charge in [-0.05, 0) is 67.2 Å². The molecule has 3 aromatic rings. The molecule has 0 radical (unpaired) electrons. The second-order valence-corrected chi connectivity index (χ2v) is 8.14. The molecule has 1 aliphatic heterocycles. The molecule has 0 atom stereocenters. The van der Waals surface area contributed by atoms with E-state index in [9.17, 15) is 9.18 Å². The van der Waals surface area contributed by atoms with E-state index in [1.165, 1.54) is 17.0 Å². The second-order valence-electron chi connectivity index (χ2n) is 7.70. The van der Waals surface area contributed by atoms with E-state index in [0.29, 0.717) is 16.5 Å². The Bertz CT molecular complexity index is 1040. The predicted molar refractivity (Wildman–Crippen MR) is 124 cm³/mol. The quantitative estimate of drug-likeness (QED) is 0.552. The van der Waals surface area contributed by atoms with Crippen molar-refractivity contribution in [3.63, 3.8) is 0 Å². The molecule has 1 saturated heterocycles. The number of pyridine rings is 1. The Kier molecular flexibility index (Phi) is 6.87. The van der Waals surface area contributed by atoms with Crippen LogP contribution in [0.5, 0.6) is 5.75 Å². The molecule has 2 heterocycles. The number of hydrogen-bond donors (Lipinski definition) is 0. The van der Waals surface area contributed by atoms with Crippen LogP contribution in [0.3, 0.4) is 0 Å². The lowest BCUT2D eigenvalue weighted by Crippen LogP contribution is -2.44. The summed E-state index contributed by atoms with van der Waals surface area (Å²) in [6, 6.07) is 16.2. The van der Waals surface area contributed by atoms with Crippen LogP contribution in [0.4, 0.5) is 20.7 Å². The van der Waals surface area contributed by atoms with Crippen molar-refractivity contribution in [1.82, 2.24) is 9.88 Å². The summed E-state index contributed by atoms with van der Waals surface area (Å²) < 4.78 is 19.0. The topological polar surface area (TPSA) is 48.9 Å². The fourth-order valence-corrected chi connectivity index (χ4v) is 3.58. The van der Waals surface area contributed by atoms with Crippen LogP contribution in [0.25, 0.3) is 0 Å². The number of rotatable bonds is 5. The Hall–Kier alpha value is -3.16. The van der Waals surface area contributed by atoms with E-state index in [4.69, 9.17) is 16.3 Å². The van der Waals surface area contributed by atoms with Crippen molar-refractivity contribution in [1.29, 1.82) is 0 Å². The molecule has 1 aromatic heterocycles. The monoisotopic (exact) mass is 454 g/mol. The first-order valence-electron chi connectivity index (χ1n) is 10.4. The number of aromatic nitrogens is 1. The van der Waals surface area contributed by atoms with Crippen LogP contribution in [0.2, 0.25) is 5.02 Å². The smallest absolute Gasteiger partial charge is 0.410 e. The molecule has 1 aliphatic rings. The van der Waals surface area contributed by atoms with Crippen LogP contribution in [-0.2, 0) is 6.54 Å². The van der Waals surface area contributed by atoms with Crippen LogP contribution in [0.15, 0.2) is 66.9 Å². The molecule has 166 valence electrons. The van der Waals surface area contributed by atoms with Gasteiger partial charge < -0.3 is 14.5 Å². The maximum atomic E-state index is 13.4. The maximum Gasteiger partial charge on any atom is 0.420 e. The van der Waals surface area contributed by atoms with Gasteiger partial charge in [0.05, 0.1) is 6.54 Å². The molecule has 1 amide bonds. The molecule has 32 heavy (non-hydrogen) atoms. The number of carbonyl (C=O) groups excluding carboxylic acids is 1. The third kappa shape index (κ3) is 5.55. The Morgan fingerprint density at radius 3 is 2.34 bits per heavy atom. The van der Waals surface area contributed by atoms with E-state index in [-0.39, 0.29) is 12.4 Å². The van der Waals surface area contributed by atoms with Crippen LogP contribution in [0.1, 0.15) is 5.56 Å². The summed E-state index contributed by atoms with van der Waals surface area (Å²) in [6.07, 6.45) is 1.18. The minimum atomic E-state index is -0.581. The van der Waals surface area contributed by atoms with Crippen molar-refractivity contribution >= 4 is 29.2 Å². The molecule has 0 saturated carbocycles. The first-order chi connectivity index (χ1) is 15.5. The van der Waals surface area contributed by atoms with E-state index in [1.54, 1.807) is 42.6 Å². The summed E-state index contributed by atoms with van der Waals surface area (Å²) in [5, 5.41) is 0.548. The van der Waals surface area contributed by atoms with Gasteiger partial charge >= 0.3 is 6.09 Å². The number of likely N-dealkylation sites (N-methyl/N-ethyl adjacent to an activating group) is 1. The van der Waals surface area contributed by atoms with Gasteiger partial charge in [-0.1, -0.05) is 17.7 Å². The molecule has 0 bridgehead atoms. The SMILES string of the molecule is CN1CCN(c2ccc(CN(C(=O)Oc3ccc(Cl)cc3)c3ccc(F)cc3)cn2)CC1. The molecule has 6 nitrogen and oxygen atoms in total. The summed E-state index contributed by atoms with van der Waals surface area (Å²) >= 11 is 5.91. The van der Waals surface area contributed by atoms with Crippen LogP contribution < -0.4 is 14.5 Å². The van der Waals surface area contributed by atoms with Gasteiger partial charge in [-0.2, -0.15) is 0 Å². The molecule has 0 unspecified atom stereocenters. The lowest BCUT2D eigenvalue weighted by molar-refractivity contribution is 0.207. The summed E-state index contributed by atoms with van der Waals surface area (Å²) in [5.41, 5.74) is 1.36. The number of amides is 1. The number of halogens is 2. The fourth-order valence-electron chi connectivity index (χ4n) is 3.46. The molecule has 0 aliphatic carbocycles. The third-order valence-corrected chi connectivity index (χ3v) is 5.61. The van der Waals surface area contributed by atoms with Crippen molar-refractivity contribution in [2.45, 2.75) is 6.54 Å². The van der Waals surface area contributed by atoms with Gasteiger partial charge in [0.15, 0.2) is 0 Å². The summed E-state index contributed by atoms with van der Waals surface area (Å²) in [7, 11) is 2.11. The molecule has 0 N–H and O–H groups in total. The van der Waals surface area contributed by atoms with E-state index in [2.05, 4.69) is 21.8 Å². The summed E-state index contributed by atoms with van der Waals surface area (Å²) in [4.78, 5) is 23.6. The largest absolute Gasteiger partial charge is 0.420 e. The van der Waals surface area contributed by atoms with Gasteiger partial charge in [0.25, 0.3) is 0 Å². The zero-order valence-electron chi connectivity index (χ0n) is 17.7. The highest BCUT2D eigenvalue weighted by Crippen LogP contribution is 2.23. The Balaban J connectivity index is 1.51. The Labute approximate surface area is 191 Å². The number of nitrogens with zero attached hydrogens (tertiary/aromatic N) is 4. The van der Waals surface area contributed by atoms with Gasteiger partial charge in [-0.3, -0.25) is 4.90 Å². The van der Waals surface area contributed by atoms with Gasteiger partial charge in [-0.25, -0.2) is 14.2 Å². The highest BCUT2D eigenvalue weighted by Gasteiger charge is 2.20.